The Hall–Kier alpha value is -3.43. The Morgan fingerprint density at radius 3 is 1.90 bits per heavy atom. The molecule has 0 fully saturated rings. The number of aromatic nitrogens is 1. The lowest BCUT2D eigenvalue weighted by Gasteiger charge is -2.12. The summed E-state index contributed by atoms with van der Waals surface area (Å²) in [5.74, 6) is 0. The number of benzene rings is 3. The molecule has 4 aromatic rings. The normalized spacial score (nSPS) is 11.9. The van der Waals surface area contributed by atoms with Crippen LogP contribution in [0.15, 0.2) is 94.9 Å². The van der Waals surface area contributed by atoms with Crippen LogP contribution in [0.25, 0.3) is 10.9 Å². The molecule has 0 spiro atoms. The van der Waals surface area contributed by atoms with Crippen molar-refractivity contribution in [2.75, 3.05) is 9.44 Å². The zero-order chi connectivity index (χ0) is 22.1. The molecule has 158 valence electrons. The first-order chi connectivity index (χ1) is 14.7. The van der Waals surface area contributed by atoms with Gasteiger partial charge in [-0.05, 0) is 55.5 Å². The molecule has 7 nitrogen and oxygen atoms in total. The number of fused-ring (bicyclic) bond motifs is 1. The molecule has 31 heavy (non-hydrogen) atoms. The largest absolute Gasteiger partial charge is 0.280 e. The molecule has 0 bridgehead atoms. The van der Waals surface area contributed by atoms with E-state index in [1.165, 1.54) is 48.7 Å². The summed E-state index contributed by atoms with van der Waals surface area (Å²) in [6.07, 6.45) is 1.54. The van der Waals surface area contributed by atoms with Gasteiger partial charge in [-0.15, -0.1) is 0 Å². The molecule has 4 rings (SSSR count). The zero-order valence-corrected chi connectivity index (χ0v) is 18.1. The monoisotopic (exact) mass is 453 g/mol. The number of aryl methyl sites for hydroxylation is 1. The molecule has 0 unspecified atom stereocenters. The smallest absolute Gasteiger partial charge is 0.264 e. The van der Waals surface area contributed by atoms with E-state index in [9.17, 15) is 16.8 Å². The fourth-order valence-electron chi connectivity index (χ4n) is 3.04. The van der Waals surface area contributed by atoms with Crippen LogP contribution in [0, 0.1) is 6.92 Å². The first kappa shape index (κ1) is 20.8. The number of anilines is 2. The quantitative estimate of drug-likeness (QED) is 0.456. The molecule has 3 aromatic carbocycles. The lowest BCUT2D eigenvalue weighted by Crippen LogP contribution is -2.14. The highest BCUT2D eigenvalue weighted by atomic mass is 32.2. The molecule has 2 N–H and O–H groups in total. The lowest BCUT2D eigenvalue weighted by atomic mass is 10.2. The van der Waals surface area contributed by atoms with Gasteiger partial charge in [-0.3, -0.25) is 14.4 Å². The maximum Gasteiger partial charge on any atom is 0.264 e. The number of rotatable bonds is 6. The van der Waals surface area contributed by atoms with Crippen molar-refractivity contribution in [1.29, 1.82) is 0 Å². The number of sulfonamides is 2. The average Bonchev–Trinajstić information content (AvgIpc) is 2.74. The van der Waals surface area contributed by atoms with Crippen molar-refractivity contribution < 1.29 is 16.8 Å². The van der Waals surface area contributed by atoms with E-state index in [2.05, 4.69) is 14.4 Å². The Balaban J connectivity index is 1.55. The van der Waals surface area contributed by atoms with E-state index in [1.54, 1.807) is 36.4 Å². The minimum Gasteiger partial charge on any atom is -0.280 e. The highest BCUT2D eigenvalue weighted by Crippen LogP contribution is 2.24. The van der Waals surface area contributed by atoms with Crippen LogP contribution in [-0.2, 0) is 20.0 Å². The van der Waals surface area contributed by atoms with Gasteiger partial charge in [-0.1, -0.05) is 35.9 Å². The molecule has 1 heterocycles. The third-order valence-electron chi connectivity index (χ3n) is 4.61. The van der Waals surface area contributed by atoms with E-state index in [1.807, 2.05) is 6.92 Å². The summed E-state index contributed by atoms with van der Waals surface area (Å²) in [7, 11) is -7.63. The molecular formula is C22H19N3O4S2. The van der Waals surface area contributed by atoms with Crippen LogP contribution < -0.4 is 9.44 Å². The number of para-hydroxylation sites is 1. The summed E-state index contributed by atoms with van der Waals surface area (Å²) in [5.41, 5.74) is 1.94. The van der Waals surface area contributed by atoms with Crippen LogP contribution in [0.2, 0.25) is 0 Å². The van der Waals surface area contributed by atoms with Gasteiger partial charge in [0.15, 0.2) is 0 Å². The van der Waals surface area contributed by atoms with Gasteiger partial charge in [0.2, 0.25) is 0 Å². The van der Waals surface area contributed by atoms with E-state index in [-0.39, 0.29) is 9.79 Å². The molecule has 0 amide bonds. The standard InChI is InChI=1S/C22H19N3O4S2/c1-16-7-13-20(14-8-16)30(26,27)24-18-9-11-19(12-10-18)25-31(28,29)21-6-2-4-17-5-3-15-23-22(17)21/h2-15,24-25H,1H3. The maximum atomic E-state index is 12.9. The van der Waals surface area contributed by atoms with E-state index in [4.69, 9.17) is 0 Å². The third kappa shape index (κ3) is 4.52. The van der Waals surface area contributed by atoms with E-state index >= 15 is 0 Å². The van der Waals surface area contributed by atoms with Crippen LogP contribution in [0.5, 0.6) is 0 Å². The Morgan fingerprint density at radius 2 is 1.26 bits per heavy atom. The van der Waals surface area contributed by atoms with E-state index in [0.717, 1.165) is 5.56 Å². The second kappa shape index (κ2) is 8.01. The predicted octanol–water partition coefficient (Wildman–Crippen LogP) is 4.14. The fourth-order valence-corrected chi connectivity index (χ4v) is 5.34. The molecule has 9 heteroatoms. The zero-order valence-electron chi connectivity index (χ0n) is 16.5. The van der Waals surface area contributed by atoms with Crippen LogP contribution in [0.4, 0.5) is 11.4 Å². The molecule has 0 radical (unpaired) electrons. The van der Waals surface area contributed by atoms with Crippen molar-refractivity contribution in [3.63, 3.8) is 0 Å². The topological polar surface area (TPSA) is 105 Å². The molecule has 1 aromatic heterocycles. The van der Waals surface area contributed by atoms with Gasteiger partial charge in [0, 0.05) is 23.0 Å². The Labute approximate surface area is 180 Å². The summed E-state index contributed by atoms with van der Waals surface area (Å²) in [6, 6.07) is 20.9. The molecule has 0 aliphatic carbocycles. The second-order valence-electron chi connectivity index (χ2n) is 6.93. The molecule has 0 aliphatic heterocycles. The Kier molecular flexibility index (Phi) is 5.38. The van der Waals surface area contributed by atoms with Gasteiger partial charge in [-0.25, -0.2) is 16.8 Å². The molecule has 0 atom stereocenters. The molecular weight excluding hydrogens is 434 g/mol. The molecule has 0 aliphatic rings. The second-order valence-corrected chi connectivity index (χ2v) is 10.3. The van der Waals surface area contributed by atoms with Crippen molar-refractivity contribution in [2.24, 2.45) is 0 Å². The predicted molar refractivity (Wildman–Crippen MR) is 121 cm³/mol. The Bertz CT molecular complexity index is 1440. The third-order valence-corrected chi connectivity index (χ3v) is 7.42. The van der Waals surface area contributed by atoms with Gasteiger partial charge in [-0.2, -0.15) is 0 Å². The summed E-state index contributed by atoms with van der Waals surface area (Å²) >= 11 is 0. The SMILES string of the molecule is Cc1ccc(S(=O)(=O)Nc2ccc(NS(=O)(=O)c3cccc4cccnc34)cc2)cc1. The van der Waals surface area contributed by atoms with Crippen molar-refractivity contribution in [1.82, 2.24) is 4.98 Å². The number of hydrogen-bond acceptors (Lipinski definition) is 5. The first-order valence-electron chi connectivity index (χ1n) is 9.31. The first-order valence-corrected chi connectivity index (χ1v) is 12.3. The average molecular weight is 454 g/mol. The summed E-state index contributed by atoms with van der Waals surface area (Å²) < 4.78 is 55.8. The summed E-state index contributed by atoms with van der Waals surface area (Å²) in [6.45, 7) is 1.87. The highest BCUT2D eigenvalue weighted by Gasteiger charge is 2.19. The fraction of sp³-hybridized carbons (Fsp3) is 0.0455. The van der Waals surface area contributed by atoms with Gasteiger partial charge in [0.1, 0.15) is 4.90 Å². The minimum absolute atomic E-state index is 0.0646. The van der Waals surface area contributed by atoms with Gasteiger partial charge < -0.3 is 0 Å². The van der Waals surface area contributed by atoms with Crippen LogP contribution >= 0.6 is 0 Å². The minimum atomic E-state index is -3.89. The van der Waals surface area contributed by atoms with Crippen molar-refractivity contribution >= 4 is 42.3 Å². The number of nitrogens with one attached hydrogen (secondary N) is 2. The van der Waals surface area contributed by atoms with Crippen molar-refractivity contribution in [2.45, 2.75) is 16.7 Å². The number of pyridine rings is 1. The Morgan fingerprint density at radius 1 is 0.677 bits per heavy atom. The summed E-state index contributed by atoms with van der Waals surface area (Å²) in [5, 5.41) is 0.714. The highest BCUT2D eigenvalue weighted by molar-refractivity contribution is 7.93. The van der Waals surface area contributed by atoms with Gasteiger partial charge >= 0.3 is 0 Å². The van der Waals surface area contributed by atoms with Gasteiger partial charge in [0.25, 0.3) is 20.0 Å². The number of hydrogen-bond donors (Lipinski definition) is 2. The van der Waals surface area contributed by atoms with Crippen molar-refractivity contribution in [3.05, 3.63) is 90.6 Å². The van der Waals surface area contributed by atoms with Crippen LogP contribution in [-0.4, -0.2) is 21.8 Å². The van der Waals surface area contributed by atoms with Crippen LogP contribution in [0.1, 0.15) is 5.56 Å². The molecule has 0 saturated carbocycles. The molecule has 0 saturated heterocycles. The maximum absolute atomic E-state index is 12.9. The van der Waals surface area contributed by atoms with E-state index in [0.29, 0.717) is 22.3 Å². The van der Waals surface area contributed by atoms with Gasteiger partial charge in [0.05, 0.1) is 10.4 Å². The van der Waals surface area contributed by atoms with Crippen LogP contribution in [0.3, 0.4) is 0 Å². The summed E-state index contributed by atoms with van der Waals surface area (Å²) in [4.78, 5) is 4.39. The lowest BCUT2D eigenvalue weighted by molar-refractivity contribution is 0.599. The number of nitrogens with zero attached hydrogens (tertiary/aromatic N) is 1. The van der Waals surface area contributed by atoms with E-state index < -0.39 is 20.0 Å². The van der Waals surface area contributed by atoms with Crippen molar-refractivity contribution in [3.8, 4) is 0 Å².